The molecular formula is C20H20N4O3. The summed E-state index contributed by atoms with van der Waals surface area (Å²) in [6.07, 6.45) is 2.29. The molecule has 0 saturated carbocycles. The minimum absolute atomic E-state index is 0.161. The summed E-state index contributed by atoms with van der Waals surface area (Å²) in [5.41, 5.74) is 3.94. The van der Waals surface area contributed by atoms with Crippen LogP contribution in [0, 0.1) is 6.92 Å². The first kappa shape index (κ1) is 17.1. The third kappa shape index (κ3) is 3.62. The summed E-state index contributed by atoms with van der Waals surface area (Å²) in [5.74, 6) is -0.453. The van der Waals surface area contributed by atoms with E-state index in [4.69, 9.17) is 0 Å². The molecule has 1 saturated heterocycles. The molecule has 0 bridgehead atoms. The van der Waals surface area contributed by atoms with Crippen LogP contribution in [0.5, 0.6) is 0 Å². The van der Waals surface area contributed by atoms with Crippen LogP contribution in [0.1, 0.15) is 28.8 Å². The first-order valence-electron chi connectivity index (χ1n) is 8.93. The van der Waals surface area contributed by atoms with Crippen LogP contribution in [0.4, 0.5) is 11.4 Å². The summed E-state index contributed by atoms with van der Waals surface area (Å²) in [6.45, 7) is 3.92. The molecule has 0 unspecified atom stereocenters. The topological polar surface area (TPSA) is 91.2 Å². The van der Waals surface area contributed by atoms with Gasteiger partial charge in [-0.05, 0) is 44.0 Å². The number of nitrogens with zero attached hydrogens (tertiary/aromatic N) is 2. The zero-order chi connectivity index (χ0) is 18.8. The van der Waals surface area contributed by atoms with E-state index in [1.54, 1.807) is 24.3 Å². The van der Waals surface area contributed by atoms with Crippen molar-refractivity contribution in [1.82, 2.24) is 10.1 Å². The standard InChI is InChI=1S/C20H20N4O3/c1-13-7-8-17(24-9-2-3-10-24)16(11-13)19(25)21-15-6-4-5-14(12-15)18-22-20(26)27-23-18/h4-8,11-12H,2-3,9-10H2,1H3,(H,21,25)(H,22,23,26). The summed E-state index contributed by atoms with van der Waals surface area (Å²) in [4.78, 5) is 28.9. The summed E-state index contributed by atoms with van der Waals surface area (Å²) < 4.78 is 4.54. The molecule has 0 spiro atoms. The van der Waals surface area contributed by atoms with Crippen LogP contribution >= 0.6 is 0 Å². The number of aromatic nitrogens is 2. The molecule has 2 aromatic carbocycles. The minimum Gasteiger partial charge on any atom is -0.371 e. The maximum atomic E-state index is 13.0. The monoisotopic (exact) mass is 364 g/mol. The molecule has 0 radical (unpaired) electrons. The van der Waals surface area contributed by atoms with E-state index >= 15 is 0 Å². The van der Waals surface area contributed by atoms with Gasteiger partial charge in [-0.25, -0.2) is 4.79 Å². The highest BCUT2D eigenvalue weighted by Crippen LogP contribution is 2.27. The molecule has 138 valence electrons. The number of anilines is 2. The van der Waals surface area contributed by atoms with Crippen molar-refractivity contribution in [3.8, 4) is 11.4 Å². The van der Waals surface area contributed by atoms with Gasteiger partial charge in [0.25, 0.3) is 5.91 Å². The van der Waals surface area contributed by atoms with E-state index in [1.165, 1.54) is 0 Å². The Kier molecular flexibility index (Phi) is 4.50. The van der Waals surface area contributed by atoms with Gasteiger partial charge in [0.1, 0.15) is 0 Å². The van der Waals surface area contributed by atoms with Crippen molar-refractivity contribution in [2.24, 2.45) is 0 Å². The number of aryl methyl sites for hydroxylation is 1. The van der Waals surface area contributed by atoms with E-state index in [0.717, 1.165) is 37.2 Å². The summed E-state index contributed by atoms with van der Waals surface area (Å²) in [5, 5.41) is 6.63. The molecule has 1 aromatic heterocycles. The van der Waals surface area contributed by atoms with Crippen LogP contribution in [0.2, 0.25) is 0 Å². The fourth-order valence-corrected chi connectivity index (χ4v) is 3.36. The molecule has 27 heavy (non-hydrogen) atoms. The zero-order valence-corrected chi connectivity index (χ0v) is 15.0. The first-order chi connectivity index (χ1) is 13.1. The molecule has 0 atom stereocenters. The second-order valence-corrected chi connectivity index (χ2v) is 6.69. The number of benzene rings is 2. The van der Waals surface area contributed by atoms with Crippen LogP contribution in [-0.2, 0) is 0 Å². The number of carbonyl (C=O) groups is 1. The Morgan fingerprint density at radius 1 is 1.19 bits per heavy atom. The second-order valence-electron chi connectivity index (χ2n) is 6.69. The van der Waals surface area contributed by atoms with Crippen LogP contribution in [-0.4, -0.2) is 29.1 Å². The molecular weight excluding hydrogens is 344 g/mol. The Morgan fingerprint density at radius 2 is 2.00 bits per heavy atom. The van der Waals surface area contributed by atoms with Gasteiger partial charge in [-0.3, -0.25) is 14.3 Å². The number of H-pyrrole nitrogens is 1. The summed E-state index contributed by atoms with van der Waals surface area (Å²) in [7, 11) is 0. The summed E-state index contributed by atoms with van der Waals surface area (Å²) in [6, 6.07) is 13.1. The second kappa shape index (κ2) is 7.11. The van der Waals surface area contributed by atoms with E-state index in [2.05, 4.69) is 24.9 Å². The highest BCUT2D eigenvalue weighted by Gasteiger charge is 2.20. The third-order valence-electron chi connectivity index (χ3n) is 4.68. The zero-order valence-electron chi connectivity index (χ0n) is 15.0. The highest BCUT2D eigenvalue weighted by molar-refractivity contribution is 6.08. The van der Waals surface area contributed by atoms with Crippen molar-refractivity contribution < 1.29 is 9.32 Å². The smallest absolute Gasteiger partial charge is 0.371 e. The van der Waals surface area contributed by atoms with Gasteiger partial charge in [-0.15, -0.1) is 0 Å². The van der Waals surface area contributed by atoms with E-state index in [1.807, 2.05) is 25.1 Å². The number of carbonyl (C=O) groups excluding carboxylic acids is 1. The maximum Gasteiger partial charge on any atom is 0.439 e. The van der Waals surface area contributed by atoms with Gasteiger partial charge in [-0.1, -0.05) is 28.9 Å². The fourth-order valence-electron chi connectivity index (χ4n) is 3.36. The van der Waals surface area contributed by atoms with Crippen LogP contribution in [0.3, 0.4) is 0 Å². The molecule has 7 nitrogen and oxygen atoms in total. The van der Waals surface area contributed by atoms with Gasteiger partial charge >= 0.3 is 5.76 Å². The van der Waals surface area contributed by atoms with Crippen molar-refractivity contribution in [3.63, 3.8) is 0 Å². The van der Waals surface area contributed by atoms with Gasteiger partial charge in [0.15, 0.2) is 5.82 Å². The number of nitrogens with one attached hydrogen (secondary N) is 2. The lowest BCUT2D eigenvalue weighted by atomic mass is 10.1. The summed E-state index contributed by atoms with van der Waals surface area (Å²) >= 11 is 0. The normalized spacial score (nSPS) is 13.7. The van der Waals surface area contributed by atoms with E-state index in [0.29, 0.717) is 22.6 Å². The molecule has 2 N–H and O–H groups in total. The van der Waals surface area contributed by atoms with E-state index in [9.17, 15) is 9.59 Å². The number of hydrogen-bond donors (Lipinski definition) is 2. The first-order valence-corrected chi connectivity index (χ1v) is 8.93. The molecule has 1 aliphatic heterocycles. The molecule has 2 heterocycles. The SMILES string of the molecule is Cc1ccc(N2CCCC2)c(C(=O)Nc2cccc(-c3noc(=O)[nH]3)c2)c1. The van der Waals surface area contributed by atoms with E-state index in [-0.39, 0.29) is 5.91 Å². The molecule has 1 amide bonds. The number of amides is 1. The van der Waals surface area contributed by atoms with Crippen LogP contribution in [0.25, 0.3) is 11.4 Å². The van der Waals surface area contributed by atoms with Crippen LogP contribution < -0.4 is 16.0 Å². The Bertz CT molecular complexity index is 1030. The van der Waals surface area contributed by atoms with Crippen molar-refractivity contribution >= 4 is 17.3 Å². The Balaban J connectivity index is 1.61. The number of aromatic amines is 1. The molecule has 0 aliphatic carbocycles. The molecule has 4 rings (SSSR count). The molecule has 1 fully saturated rings. The van der Waals surface area contributed by atoms with Gasteiger partial charge in [0.05, 0.1) is 5.56 Å². The fraction of sp³-hybridized carbons (Fsp3) is 0.250. The Hall–Kier alpha value is -3.35. The molecule has 1 aliphatic rings. The van der Waals surface area contributed by atoms with Crippen molar-refractivity contribution in [2.45, 2.75) is 19.8 Å². The maximum absolute atomic E-state index is 13.0. The van der Waals surface area contributed by atoms with Crippen molar-refractivity contribution in [1.29, 1.82) is 0 Å². The number of rotatable bonds is 4. The third-order valence-corrected chi connectivity index (χ3v) is 4.68. The molecule has 7 heteroatoms. The highest BCUT2D eigenvalue weighted by atomic mass is 16.5. The molecule has 3 aromatic rings. The number of hydrogen-bond acceptors (Lipinski definition) is 5. The van der Waals surface area contributed by atoms with Gasteiger partial charge in [0, 0.05) is 30.0 Å². The average Bonchev–Trinajstić information content (AvgIpc) is 3.34. The average molecular weight is 364 g/mol. The minimum atomic E-state index is -0.616. The lowest BCUT2D eigenvalue weighted by molar-refractivity contribution is 0.102. The van der Waals surface area contributed by atoms with Crippen LogP contribution in [0.15, 0.2) is 51.8 Å². The van der Waals surface area contributed by atoms with Crippen molar-refractivity contribution in [3.05, 3.63) is 64.1 Å². The van der Waals surface area contributed by atoms with Crippen molar-refractivity contribution in [2.75, 3.05) is 23.3 Å². The van der Waals surface area contributed by atoms with Gasteiger partial charge < -0.3 is 10.2 Å². The Morgan fingerprint density at radius 3 is 2.74 bits per heavy atom. The van der Waals surface area contributed by atoms with Gasteiger partial charge in [0.2, 0.25) is 0 Å². The Labute approximate surface area is 156 Å². The quantitative estimate of drug-likeness (QED) is 0.742. The predicted octanol–water partition coefficient (Wildman–Crippen LogP) is 3.19. The predicted molar refractivity (Wildman–Crippen MR) is 103 cm³/mol. The lowest BCUT2D eigenvalue weighted by Gasteiger charge is -2.21. The largest absolute Gasteiger partial charge is 0.439 e. The van der Waals surface area contributed by atoms with E-state index < -0.39 is 5.76 Å². The lowest BCUT2D eigenvalue weighted by Crippen LogP contribution is -2.23. The van der Waals surface area contributed by atoms with Gasteiger partial charge in [-0.2, -0.15) is 0 Å².